The molecule has 0 aliphatic rings. The largest absolute Gasteiger partial charge is 0.456 e. The maximum absolute atomic E-state index is 15.1. The average Bonchev–Trinajstić information content (AvgIpc) is 3.36. The van der Waals surface area contributed by atoms with Crippen molar-refractivity contribution in [2.45, 2.75) is 46.6 Å². The van der Waals surface area contributed by atoms with Crippen molar-refractivity contribution in [3.8, 4) is 22.6 Å². The molecule has 0 bridgehead atoms. The van der Waals surface area contributed by atoms with Crippen LogP contribution in [0.1, 0.15) is 37.6 Å². The van der Waals surface area contributed by atoms with E-state index in [0.29, 0.717) is 22.7 Å². The molecule has 7 nitrogen and oxygen atoms in total. The van der Waals surface area contributed by atoms with E-state index in [-0.39, 0.29) is 23.4 Å². The van der Waals surface area contributed by atoms with Crippen LogP contribution in [-0.2, 0) is 16.8 Å². The summed E-state index contributed by atoms with van der Waals surface area (Å²) in [4.78, 5) is 21.5. The van der Waals surface area contributed by atoms with Crippen molar-refractivity contribution in [2.75, 3.05) is 5.32 Å². The first-order chi connectivity index (χ1) is 18.6. The first kappa shape index (κ1) is 26.0. The fraction of sp³-hybridized carbons (Fsp3) is 0.226. The molecule has 3 aromatic heterocycles. The number of amides is 1. The van der Waals surface area contributed by atoms with Crippen molar-refractivity contribution >= 4 is 22.5 Å². The molecule has 0 aliphatic carbocycles. The summed E-state index contributed by atoms with van der Waals surface area (Å²) in [5.41, 5.74) is 5.05. The first-order valence-electron chi connectivity index (χ1n) is 12.7. The molecule has 8 heteroatoms. The highest BCUT2D eigenvalue weighted by Crippen LogP contribution is 2.35. The lowest BCUT2D eigenvalue weighted by Crippen LogP contribution is -2.22. The van der Waals surface area contributed by atoms with Crippen molar-refractivity contribution in [1.29, 1.82) is 0 Å². The number of nitrogens with zero attached hydrogens (tertiary/aromatic N) is 4. The van der Waals surface area contributed by atoms with Gasteiger partial charge in [0.15, 0.2) is 0 Å². The number of hydrogen-bond acceptors (Lipinski definition) is 5. The smallest absolute Gasteiger partial charge is 0.228 e. The standard InChI is InChI=1S/C31H30FN5O2/c1-19-13-22(15-30(38)36-23-17-35-37(18-23)31(3,4)5)26(32)16-29(19)39-28-10-12-34-27-9-8-21(14-25(27)28)24-7-6-11-33-20(24)2/h6-14,16-18H,15H2,1-5H3,(H,36,38). The van der Waals surface area contributed by atoms with Crippen molar-refractivity contribution in [2.24, 2.45) is 0 Å². The van der Waals surface area contributed by atoms with Crippen LogP contribution in [0.3, 0.4) is 0 Å². The van der Waals surface area contributed by atoms with Gasteiger partial charge < -0.3 is 10.1 Å². The topological polar surface area (TPSA) is 81.9 Å². The fourth-order valence-corrected chi connectivity index (χ4v) is 4.39. The highest BCUT2D eigenvalue weighted by molar-refractivity contribution is 5.92. The summed E-state index contributed by atoms with van der Waals surface area (Å²) in [6, 6.07) is 14.6. The zero-order valence-corrected chi connectivity index (χ0v) is 22.6. The first-order valence-corrected chi connectivity index (χ1v) is 12.7. The summed E-state index contributed by atoms with van der Waals surface area (Å²) in [5.74, 6) is 0.0979. The predicted molar refractivity (Wildman–Crippen MR) is 150 cm³/mol. The second-order valence-electron chi connectivity index (χ2n) is 10.6. The third kappa shape index (κ3) is 5.65. The lowest BCUT2D eigenvalue weighted by atomic mass is 10.0. The highest BCUT2D eigenvalue weighted by atomic mass is 19.1. The molecule has 5 aromatic rings. The SMILES string of the molecule is Cc1cc(CC(=O)Nc2cnn(C(C)(C)C)c2)c(F)cc1Oc1ccnc2ccc(-c3cccnc3C)cc12. The van der Waals surface area contributed by atoms with Crippen LogP contribution in [0.15, 0.2) is 73.3 Å². The molecule has 198 valence electrons. The molecule has 5 rings (SSSR count). The van der Waals surface area contributed by atoms with Gasteiger partial charge in [-0.15, -0.1) is 0 Å². The third-order valence-electron chi connectivity index (χ3n) is 6.49. The van der Waals surface area contributed by atoms with Gasteiger partial charge in [-0.2, -0.15) is 5.10 Å². The fourth-order valence-electron chi connectivity index (χ4n) is 4.39. The molecule has 0 saturated carbocycles. The number of anilines is 1. The zero-order valence-electron chi connectivity index (χ0n) is 22.6. The maximum Gasteiger partial charge on any atom is 0.228 e. The summed E-state index contributed by atoms with van der Waals surface area (Å²) in [6.07, 6.45) is 6.66. The number of aromatic nitrogens is 4. The van der Waals surface area contributed by atoms with Crippen LogP contribution < -0.4 is 10.1 Å². The molecular formula is C31H30FN5O2. The van der Waals surface area contributed by atoms with E-state index in [4.69, 9.17) is 4.74 Å². The molecule has 2 aromatic carbocycles. The van der Waals surface area contributed by atoms with E-state index < -0.39 is 5.82 Å². The number of nitrogens with one attached hydrogen (secondary N) is 1. The van der Waals surface area contributed by atoms with Crippen LogP contribution in [-0.4, -0.2) is 25.7 Å². The molecule has 0 saturated heterocycles. The molecule has 1 amide bonds. The van der Waals surface area contributed by atoms with Gasteiger partial charge in [-0.05, 0) is 81.6 Å². The van der Waals surface area contributed by atoms with E-state index in [0.717, 1.165) is 27.7 Å². The van der Waals surface area contributed by atoms with Crippen LogP contribution in [0, 0.1) is 19.7 Å². The zero-order chi connectivity index (χ0) is 27.7. The number of pyridine rings is 2. The molecule has 0 unspecified atom stereocenters. The second-order valence-corrected chi connectivity index (χ2v) is 10.6. The van der Waals surface area contributed by atoms with Gasteiger partial charge in [-0.1, -0.05) is 12.1 Å². The van der Waals surface area contributed by atoms with E-state index in [1.54, 1.807) is 41.6 Å². The van der Waals surface area contributed by atoms with Gasteiger partial charge in [0.1, 0.15) is 17.3 Å². The van der Waals surface area contributed by atoms with Gasteiger partial charge >= 0.3 is 0 Å². The van der Waals surface area contributed by atoms with Crippen molar-refractivity contribution < 1.29 is 13.9 Å². The lowest BCUT2D eigenvalue weighted by molar-refractivity contribution is -0.115. The lowest BCUT2D eigenvalue weighted by Gasteiger charge is -2.18. The number of benzene rings is 2. The Labute approximate surface area is 226 Å². The Balaban J connectivity index is 1.37. The molecule has 0 radical (unpaired) electrons. The molecule has 1 N–H and O–H groups in total. The minimum absolute atomic E-state index is 0.111. The molecule has 39 heavy (non-hydrogen) atoms. The van der Waals surface area contributed by atoms with Gasteiger partial charge in [0, 0.05) is 41.3 Å². The number of carbonyl (C=O) groups is 1. The van der Waals surface area contributed by atoms with Crippen molar-refractivity contribution in [3.63, 3.8) is 0 Å². The van der Waals surface area contributed by atoms with Gasteiger partial charge in [0.2, 0.25) is 5.91 Å². The Morgan fingerprint density at radius 3 is 2.59 bits per heavy atom. The number of carbonyl (C=O) groups excluding carboxylic acids is 1. The molecular weight excluding hydrogens is 493 g/mol. The molecule has 0 aliphatic heterocycles. The Hall–Kier alpha value is -4.59. The van der Waals surface area contributed by atoms with Crippen LogP contribution >= 0.6 is 0 Å². The van der Waals surface area contributed by atoms with Crippen LogP contribution in [0.4, 0.5) is 10.1 Å². The third-order valence-corrected chi connectivity index (χ3v) is 6.49. The van der Waals surface area contributed by atoms with Gasteiger partial charge in [0.05, 0.1) is 29.4 Å². The average molecular weight is 524 g/mol. The highest BCUT2D eigenvalue weighted by Gasteiger charge is 2.17. The Bertz CT molecular complexity index is 1690. The number of aryl methyl sites for hydroxylation is 2. The number of ether oxygens (including phenoxy) is 1. The normalized spacial score (nSPS) is 11.5. The summed E-state index contributed by atoms with van der Waals surface area (Å²) in [6.45, 7) is 9.85. The maximum atomic E-state index is 15.1. The molecule has 0 atom stereocenters. The molecule has 3 heterocycles. The minimum atomic E-state index is -0.513. The summed E-state index contributed by atoms with van der Waals surface area (Å²) in [7, 11) is 0. The van der Waals surface area contributed by atoms with E-state index in [1.165, 1.54) is 6.07 Å². The number of halogens is 1. The van der Waals surface area contributed by atoms with Crippen LogP contribution in [0.25, 0.3) is 22.0 Å². The molecule has 0 fully saturated rings. The Kier molecular flexibility index (Phi) is 6.87. The van der Waals surface area contributed by atoms with Crippen molar-refractivity contribution in [1.82, 2.24) is 19.7 Å². The second kappa shape index (κ2) is 10.3. The Morgan fingerprint density at radius 2 is 1.85 bits per heavy atom. The van der Waals surface area contributed by atoms with E-state index in [2.05, 4.69) is 20.4 Å². The summed E-state index contributed by atoms with van der Waals surface area (Å²) < 4.78 is 23.1. The number of fused-ring (bicyclic) bond motifs is 1. The monoisotopic (exact) mass is 523 g/mol. The van der Waals surface area contributed by atoms with E-state index in [1.807, 2.05) is 65.0 Å². The van der Waals surface area contributed by atoms with Crippen LogP contribution in [0.5, 0.6) is 11.5 Å². The van der Waals surface area contributed by atoms with Gasteiger partial charge in [-0.25, -0.2) is 4.39 Å². The number of hydrogen-bond donors (Lipinski definition) is 1. The van der Waals surface area contributed by atoms with Gasteiger partial charge in [-0.3, -0.25) is 19.4 Å². The summed E-state index contributed by atoms with van der Waals surface area (Å²) in [5, 5.41) is 7.88. The van der Waals surface area contributed by atoms with E-state index in [9.17, 15) is 4.79 Å². The summed E-state index contributed by atoms with van der Waals surface area (Å²) >= 11 is 0. The van der Waals surface area contributed by atoms with E-state index >= 15 is 4.39 Å². The number of rotatable bonds is 6. The van der Waals surface area contributed by atoms with Gasteiger partial charge in [0.25, 0.3) is 0 Å². The molecule has 0 spiro atoms. The van der Waals surface area contributed by atoms with Crippen LogP contribution in [0.2, 0.25) is 0 Å². The minimum Gasteiger partial charge on any atom is -0.456 e. The van der Waals surface area contributed by atoms with Crippen molar-refractivity contribution in [3.05, 3.63) is 96.0 Å². The quantitative estimate of drug-likeness (QED) is 0.260. The predicted octanol–water partition coefficient (Wildman–Crippen LogP) is 6.98. The Morgan fingerprint density at radius 1 is 1.03 bits per heavy atom.